The molecular weight excluding hydrogens is 1530 g/mol. The number of carbonyl (C=O) groups excluding carboxylic acids is 1. The molecule has 14 aliphatic carbocycles. The first-order chi connectivity index (χ1) is 51.8. The molecule has 0 aromatic carbocycles. The minimum absolute atomic E-state index is 0. The molecule has 0 unspecified atom stereocenters. The number of allylic oxidation sites excluding steroid dienone is 7. The van der Waals surface area contributed by atoms with Crippen LogP contribution in [0.3, 0.4) is 0 Å². The van der Waals surface area contributed by atoms with Crippen LogP contribution in [-0.2, 0) is 36.0 Å². The van der Waals surface area contributed by atoms with Gasteiger partial charge in [-0.2, -0.15) is 6.92 Å². The molecule has 0 amide bonds. The average molecular weight is 1710 g/mol. The van der Waals surface area contributed by atoms with Gasteiger partial charge in [-0.25, -0.2) is 0 Å². The van der Waals surface area contributed by atoms with E-state index in [1.165, 1.54) is 129 Å². The van der Waals surface area contributed by atoms with Crippen LogP contribution in [-0.4, -0.2) is 148 Å². The van der Waals surface area contributed by atoms with E-state index in [1.54, 1.807) is 90.2 Å². The second kappa shape index (κ2) is 47.7. The Morgan fingerprint density at radius 3 is 1.11 bits per heavy atom. The first kappa shape index (κ1) is 108. The number of ether oxygens (including phenoxy) is 2. The first-order valence-corrected chi connectivity index (χ1v) is 46.0. The van der Waals surface area contributed by atoms with Crippen molar-refractivity contribution in [1.29, 1.82) is 0 Å². The Balaban J connectivity index is 0.000000382. The van der Waals surface area contributed by atoms with Crippen molar-refractivity contribution in [2.24, 2.45) is 111 Å². The zero-order chi connectivity index (χ0) is 81.5. The molecule has 0 spiro atoms. The van der Waals surface area contributed by atoms with Crippen molar-refractivity contribution in [3.8, 4) is 0 Å². The smallest absolute Gasteiger partial charge is 1.00 e. The Morgan fingerprint density at radius 1 is 0.456 bits per heavy atom. The largest absolute Gasteiger partial charge is 2.00 e. The van der Waals surface area contributed by atoms with E-state index in [1.807, 2.05) is 0 Å². The zero-order valence-corrected chi connectivity index (χ0v) is 80.1. The van der Waals surface area contributed by atoms with Crippen molar-refractivity contribution in [3.05, 3.63) is 65.2 Å². The third-order valence-corrected chi connectivity index (χ3v) is 31.5. The molecule has 0 aromatic heterocycles. The second-order valence-corrected chi connectivity index (χ2v) is 40.6. The predicted octanol–water partition coefficient (Wildman–Crippen LogP) is 18.7. The summed E-state index contributed by atoms with van der Waals surface area (Å²) < 4.78 is 9.80. The number of aliphatic hydroxyl groups is 9. The van der Waals surface area contributed by atoms with Crippen LogP contribution in [0.5, 0.6) is 0 Å². The summed E-state index contributed by atoms with van der Waals surface area (Å²) in [7, 11) is 1.48. The number of hydrogen-bond acceptors (Lipinski definition) is 12. The van der Waals surface area contributed by atoms with Gasteiger partial charge in [-0.1, -0.05) is 128 Å². The van der Waals surface area contributed by atoms with Gasteiger partial charge in [0.05, 0.1) is 35.1 Å². The Labute approximate surface area is 740 Å². The molecule has 15 rings (SSSR count). The van der Waals surface area contributed by atoms with Gasteiger partial charge in [0.25, 0.3) is 0 Å². The molecule has 22 atom stereocenters. The SMILES string of the molecule is C.C1CCOC1.CC(C)O.CC(C)O.CC(C)O.CC(C)O.CC[C@]1(O)CC[C@H]2C(=CC[C@@H]3[C@@H]2CC[C@]2(C)C([C@H](C)CCC(=O)OC)=CC[C@@H]32)C1.CC[C@]1(O)CC[C@H]2C(=CC[C@@H]3[C@@H]2CC[C@]2(C)C([C@H](C)CCC4(O)CC4)=CC[C@@H]32)C1.CC[C@]1(O)CC[C@H]2C(=CC[C@@H]3[C@@H]2CC[C@]2(C)[C@@H]([C@H](C)CCC4(O)CC4)CC[C@@H]32)C1.[Br-].[CH2-]C.[Mg+2].[Ti]. The maximum Gasteiger partial charge on any atom is 2.00 e. The van der Waals surface area contributed by atoms with Crippen molar-refractivity contribution in [1.82, 2.24) is 0 Å². The molecule has 1 heterocycles. The number of esters is 1. The Hall–Kier alpha value is -0.269. The molecule has 9 N–H and O–H groups in total. The molecule has 1 aliphatic heterocycles. The van der Waals surface area contributed by atoms with E-state index in [9.17, 15) is 30.3 Å². The van der Waals surface area contributed by atoms with Gasteiger partial charge in [0, 0.05) is 65.8 Å². The van der Waals surface area contributed by atoms with Crippen LogP contribution in [0.1, 0.15) is 370 Å². The molecule has 114 heavy (non-hydrogen) atoms. The van der Waals surface area contributed by atoms with Crippen LogP contribution in [0, 0.1) is 118 Å². The summed E-state index contributed by atoms with van der Waals surface area (Å²) in [4.78, 5) is 11.6. The molecule has 656 valence electrons. The van der Waals surface area contributed by atoms with Crippen molar-refractivity contribution in [2.75, 3.05) is 20.3 Å². The molecule has 15 heteroatoms. The van der Waals surface area contributed by atoms with Crippen LogP contribution in [0.15, 0.2) is 58.2 Å². The fraction of sp³-hybridized carbons (Fsp3) is 0.879. The maximum absolute atomic E-state index is 11.6. The van der Waals surface area contributed by atoms with Crippen molar-refractivity contribution in [2.45, 2.75) is 422 Å². The number of aliphatic hydroxyl groups excluding tert-OH is 4. The van der Waals surface area contributed by atoms with E-state index >= 15 is 0 Å². The predicted molar refractivity (Wildman–Crippen MR) is 466 cm³/mol. The van der Waals surface area contributed by atoms with E-state index in [-0.39, 0.29) is 111 Å². The standard InChI is InChI=1S/C27H44O2.C27H42O2.C26H40O3.C4H8O.4C3H8O.C2H5.CH4.BrH.Mg.Ti/c2*1-4-26(28)14-11-20-19(17-26)5-6-22-21(20)10-12-25(3)23(7-8-24(22)25)18(2)9-13-27(29)15-16-27;1-5-26(28)15-13-19-18(16-26)7-8-21-20(19)12-14-25(3)22(9-10-23(21)25)17(2)6-11-24(27)29-4;1-2-4-5-3-1;4*1-3(2)4;1-2;;;;/h5,18,20-24,28-29H,4,6-17H2,1-3H3;5,7,18,20-22,24,28-29H,4,6,8-17H2,1-3H3;7,9,17,19-21,23,28H,5-6,8,10-16H2,1-4H3;1-4H2;4*3-4H,1-2H3;1H2,2H3;1H4;1H;;/q;;;;;;;;-1;;;+2;/p-1/t18-,20+,21-,22-,23-,24+,25-,26+;18-,20+,21-,22-,24+,25-,26+;17-,19+,20-,21-,23+,25-,26+;;;;;;;;;;/m111........../s1. The van der Waals surface area contributed by atoms with Gasteiger partial charge >= 0.3 is 29.0 Å². The molecule has 10 fully saturated rings. The molecule has 0 aromatic rings. The van der Waals surface area contributed by atoms with Gasteiger partial charge in [-0.3, -0.25) is 4.79 Å². The summed E-state index contributed by atoms with van der Waals surface area (Å²) in [6.07, 6.45) is 53.9. The normalized spacial score (nSPS) is 37.2. The van der Waals surface area contributed by atoms with E-state index in [4.69, 9.17) is 29.9 Å². The number of hydrogen-bond donors (Lipinski definition) is 9. The number of fused-ring (bicyclic) bond motifs is 15. The van der Waals surface area contributed by atoms with Gasteiger partial charge in [-0.15, -0.1) is 0 Å². The van der Waals surface area contributed by atoms with Gasteiger partial charge < -0.3 is 79.3 Å². The molecule has 1 saturated heterocycles. The van der Waals surface area contributed by atoms with Crippen molar-refractivity contribution in [3.63, 3.8) is 0 Å². The fourth-order valence-electron chi connectivity index (χ4n) is 24.9. The Bertz CT molecular complexity index is 2890. The quantitative estimate of drug-likeness (QED) is 0.0324. The van der Waals surface area contributed by atoms with E-state index in [2.05, 4.69) is 99.6 Å². The average Bonchev–Trinajstić information content (AvgIpc) is 1.53. The van der Waals surface area contributed by atoms with Crippen LogP contribution >= 0.6 is 0 Å². The molecule has 12 nitrogen and oxygen atoms in total. The summed E-state index contributed by atoms with van der Waals surface area (Å²) in [6, 6.07) is 0. The van der Waals surface area contributed by atoms with Gasteiger partial charge in [0.2, 0.25) is 0 Å². The van der Waals surface area contributed by atoms with E-state index < -0.39 is 16.8 Å². The third kappa shape index (κ3) is 28.4. The van der Waals surface area contributed by atoms with Crippen LogP contribution in [0.25, 0.3) is 0 Å². The number of methoxy groups -OCH3 is 1. The molecule has 0 radical (unpaired) electrons. The zero-order valence-electron chi connectivity index (χ0n) is 75.6. The minimum Gasteiger partial charge on any atom is -1.00 e. The summed E-state index contributed by atoms with van der Waals surface area (Å²) >= 11 is 0. The maximum atomic E-state index is 11.6. The van der Waals surface area contributed by atoms with E-state index in [0.717, 1.165) is 199 Å². The van der Waals surface area contributed by atoms with Gasteiger partial charge in [0.15, 0.2) is 0 Å². The van der Waals surface area contributed by atoms with Crippen LogP contribution < -0.4 is 17.0 Å². The van der Waals surface area contributed by atoms with Crippen molar-refractivity contribution >= 4 is 29.0 Å². The Morgan fingerprint density at radius 2 is 0.789 bits per heavy atom. The molecule has 15 aliphatic rings. The first-order valence-electron chi connectivity index (χ1n) is 46.0. The molecular formula is C99H175BrMgO12Ti. The van der Waals surface area contributed by atoms with Crippen LogP contribution in [0.4, 0.5) is 0 Å². The minimum atomic E-state index is -0.449. The number of rotatable bonds is 15. The monoisotopic (exact) mass is 1710 g/mol. The number of halogens is 1. The summed E-state index contributed by atoms with van der Waals surface area (Å²) in [6.45, 7) is 42.1. The van der Waals surface area contributed by atoms with E-state index in [0.29, 0.717) is 40.4 Å². The molecule has 9 saturated carbocycles. The summed E-state index contributed by atoms with van der Waals surface area (Å²) in [5.74, 6) is 12.4. The van der Waals surface area contributed by atoms with Gasteiger partial charge in [-0.05, 0) is 397 Å². The van der Waals surface area contributed by atoms with Crippen molar-refractivity contribution < 1.29 is 98.9 Å². The third-order valence-electron chi connectivity index (χ3n) is 31.5. The summed E-state index contributed by atoms with van der Waals surface area (Å²) in [5.41, 5.74) is 7.46. The van der Waals surface area contributed by atoms with Gasteiger partial charge in [0.1, 0.15) is 0 Å². The van der Waals surface area contributed by atoms with Crippen LogP contribution in [0.2, 0.25) is 0 Å². The Kier molecular flexibility index (Phi) is 45.2. The number of carbonyl (C=O) groups is 1. The topological polar surface area (TPSA) is 218 Å². The molecule has 0 bridgehead atoms. The second-order valence-electron chi connectivity index (χ2n) is 40.6. The summed E-state index contributed by atoms with van der Waals surface area (Å²) in [5, 5.41) is 85.4. The fourth-order valence-corrected chi connectivity index (χ4v) is 24.9.